The number of carbonyl (C=O) groups is 1. The van der Waals surface area contributed by atoms with Crippen LogP contribution in [0.1, 0.15) is 85.1 Å². The molecule has 1 amide bonds. The first-order valence-corrected chi connectivity index (χ1v) is 15.4. The van der Waals surface area contributed by atoms with Gasteiger partial charge in [-0.3, -0.25) is 4.79 Å². The van der Waals surface area contributed by atoms with Gasteiger partial charge in [-0.2, -0.15) is 0 Å². The van der Waals surface area contributed by atoms with E-state index in [4.69, 9.17) is 8.84 Å². The second kappa shape index (κ2) is 10.6. The maximum absolute atomic E-state index is 12.4. The molecule has 6 nitrogen and oxygen atoms in total. The lowest BCUT2D eigenvalue weighted by Crippen LogP contribution is -2.51. The number of thioether (sulfide) groups is 1. The van der Waals surface area contributed by atoms with Crippen LogP contribution >= 0.6 is 11.8 Å². The Morgan fingerprint density at radius 3 is 2.33 bits per heavy atom. The molecule has 0 spiro atoms. The molecule has 0 aliphatic heterocycles. The van der Waals surface area contributed by atoms with E-state index in [9.17, 15) is 4.79 Å². The van der Waals surface area contributed by atoms with Crippen molar-refractivity contribution >= 4 is 26.5 Å². The minimum absolute atomic E-state index is 0.0346. The van der Waals surface area contributed by atoms with Crippen LogP contribution in [0.4, 0.5) is 0 Å². The van der Waals surface area contributed by atoms with E-state index in [0.717, 1.165) is 25.7 Å². The maximum atomic E-state index is 12.4. The number of hydrogen-bond acceptors (Lipinski definition) is 6. The zero-order chi connectivity index (χ0) is 22.5. The molecule has 0 saturated heterocycles. The zero-order valence-corrected chi connectivity index (χ0v) is 21.9. The summed E-state index contributed by atoms with van der Waals surface area (Å²) in [5, 5.41) is 9.11. The molecular weight excluding hydrogens is 414 g/mol. The van der Waals surface area contributed by atoms with Crippen molar-refractivity contribution in [1.82, 2.24) is 15.1 Å². The Labute approximate surface area is 188 Å². The van der Waals surface area contributed by atoms with Gasteiger partial charge in [0, 0.05) is 6.04 Å². The number of aromatic nitrogens is 2. The van der Waals surface area contributed by atoms with E-state index in [1.54, 1.807) is 0 Å². The molecule has 0 aromatic carbocycles. The normalized spacial score (nSPS) is 18.4. The molecule has 2 atom stereocenters. The first kappa shape index (κ1) is 25.4. The molecule has 30 heavy (non-hydrogen) atoms. The summed E-state index contributed by atoms with van der Waals surface area (Å²) in [7, 11) is -2.15. The van der Waals surface area contributed by atoms with Gasteiger partial charge in [0.2, 0.25) is 12.3 Å². The van der Waals surface area contributed by atoms with Gasteiger partial charge in [0.1, 0.15) is 6.10 Å². The van der Waals surface area contributed by atoms with E-state index < -0.39 is 14.4 Å². The second-order valence-corrected chi connectivity index (χ2v) is 16.0. The molecular formula is C22H41N3O3SSi. The van der Waals surface area contributed by atoms with E-state index in [2.05, 4.69) is 57.9 Å². The molecule has 1 unspecified atom stereocenters. The number of hydrogen-bond donors (Lipinski definition) is 0. The Kier molecular flexibility index (Phi) is 9.00. The highest BCUT2D eigenvalue weighted by Gasteiger charge is 2.45. The largest absolute Gasteiger partial charge is 0.413 e. The first-order chi connectivity index (χ1) is 14.0. The highest BCUT2D eigenvalue weighted by atomic mass is 32.2. The van der Waals surface area contributed by atoms with E-state index in [1.165, 1.54) is 31.0 Å². The van der Waals surface area contributed by atoms with Crippen molar-refractivity contribution in [3.05, 3.63) is 5.89 Å². The molecule has 0 bridgehead atoms. The van der Waals surface area contributed by atoms with Crippen molar-refractivity contribution < 1.29 is 13.6 Å². The fourth-order valence-corrected chi connectivity index (χ4v) is 5.44. The lowest BCUT2D eigenvalue weighted by atomic mass is 9.90. The molecule has 1 saturated carbocycles. The third kappa shape index (κ3) is 6.33. The van der Waals surface area contributed by atoms with Crippen molar-refractivity contribution in [3.8, 4) is 0 Å². The van der Waals surface area contributed by atoms with Crippen LogP contribution in [0.2, 0.25) is 18.1 Å². The standard InChI is InChI=1S/C22H41N3O3SSi/c1-16(2)14-18(25(15-26)17-12-10-9-11-13-17)19(20-23-24-21(27-20)29-6)28-30(7,8)22(3,4)5/h15-19H,9-14H2,1-8H3/t18-,19?/m0/s1. The monoisotopic (exact) mass is 455 g/mol. The average Bonchev–Trinajstić information content (AvgIpc) is 3.15. The summed E-state index contributed by atoms with van der Waals surface area (Å²) in [5.41, 5.74) is 0. The van der Waals surface area contributed by atoms with Gasteiger partial charge in [-0.1, -0.05) is 65.6 Å². The molecule has 1 heterocycles. The van der Waals surface area contributed by atoms with Gasteiger partial charge >= 0.3 is 0 Å². The van der Waals surface area contributed by atoms with E-state index >= 15 is 0 Å². The summed E-state index contributed by atoms with van der Waals surface area (Å²) in [5.74, 6) is 0.909. The Bertz CT molecular complexity index is 669. The zero-order valence-electron chi connectivity index (χ0n) is 20.1. The number of rotatable bonds is 10. The first-order valence-electron chi connectivity index (χ1n) is 11.3. The van der Waals surface area contributed by atoms with Crippen LogP contribution in [0, 0.1) is 5.92 Å². The predicted octanol–water partition coefficient (Wildman–Crippen LogP) is 6.06. The fraction of sp³-hybridized carbons (Fsp3) is 0.864. The Morgan fingerprint density at radius 2 is 1.87 bits per heavy atom. The summed E-state index contributed by atoms with van der Waals surface area (Å²) in [6.45, 7) is 15.6. The summed E-state index contributed by atoms with van der Waals surface area (Å²) in [6.07, 6.45) is 9.11. The van der Waals surface area contributed by atoms with Crippen molar-refractivity contribution in [2.24, 2.45) is 5.92 Å². The maximum Gasteiger partial charge on any atom is 0.276 e. The lowest BCUT2D eigenvalue weighted by molar-refractivity contribution is -0.127. The minimum atomic E-state index is -2.15. The molecule has 0 N–H and O–H groups in total. The van der Waals surface area contributed by atoms with Crippen LogP contribution in [-0.4, -0.2) is 48.2 Å². The van der Waals surface area contributed by atoms with Crippen LogP contribution < -0.4 is 0 Å². The Hall–Kier alpha value is -0.863. The molecule has 1 aromatic rings. The molecule has 1 fully saturated rings. The topological polar surface area (TPSA) is 68.5 Å². The summed E-state index contributed by atoms with van der Waals surface area (Å²) >= 11 is 1.43. The molecule has 1 aromatic heterocycles. The molecule has 1 aliphatic rings. The number of carbonyl (C=O) groups excluding carboxylic acids is 1. The van der Waals surface area contributed by atoms with Crippen molar-refractivity contribution in [1.29, 1.82) is 0 Å². The van der Waals surface area contributed by atoms with E-state index in [1.807, 2.05) is 11.2 Å². The molecule has 1 aliphatic carbocycles. The summed E-state index contributed by atoms with van der Waals surface area (Å²) < 4.78 is 12.9. The van der Waals surface area contributed by atoms with E-state index in [0.29, 0.717) is 17.0 Å². The van der Waals surface area contributed by atoms with Gasteiger partial charge in [0.15, 0.2) is 8.32 Å². The fourth-order valence-electron chi connectivity index (χ4n) is 3.90. The van der Waals surface area contributed by atoms with Gasteiger partial charge in [-0.05, 0) is 49.6 Å². The minimum Gasteiger partial charge on any atom is -0.413 e. The van der Waals surface area contributed by atoms with Gasteiger partial charge in [0.25, 0.3) is 5.22 Å². The second-order valence-electron chi connectivity index (χ2n) is 10.5. The van der Waals surface area contributed by atoms with Gasteiger partial charge in [-0.15, -0.1) is 10.2 Å². The van der Waals surface area contributed by atoms with Crippen LogP contribution in [0.25, 0.3) is 0 Å². The summed E-state index contributed by atoms with van der Waals surface area (Å²) in [6, 6.07) is 0.142. The average molecular weight is 456 g/mol. The van der Waals surface area contributed by atoms with Crippen LogP contribution in [0.15, 0.2) is 9.64 Å². The highest BCUT2D eigenvalue weighted by Crippen LogP contribution is 2.42. The van der Waals surface area contributed by atoms with Crippen LogP contribution in [-0.2, 0) is 9.22 Å². The Morgan fingerprint density at radius 1 is 1.23 bits per heavy atom. The van der Waals surface area contributed by atoms with Gasteiger partial charge in [-0.25, -0.2) is 0 Å². The van der Waals surface area contributed by atoms with Crippen molar-refractivity contribution in [2.45, 2.75) is 115 Å². The highest BCUT2D eigenvalue weighted by molar-refractivity contribution is 7.98. The third-order valence-corrected chi connectivity index (χ3v) is 11.6. The quantitative estimate of drug-likeness (QED) is 0.243. The Balaban J connectivity index is 2.48. The van der Waals surface area contributed by atoms with Gasteiger partial charge < -0.3 is 13.7 Å². The number of amides is 1. The molecule has 172 valence electrons. The molecule has 8 heteroatoms. The smallest absolute Gasteiger partial charge is 0.276 e. The third-order valence-electron chi connectivity index (χ3n) is 6.63. The predicted molar refractivity (Wildman–Crippen MR) is 125 cm³/mol. The van der Waals surface area contributed by atoms with Crippen molar-refractivity contribution in [3.63, 3.8) is 0 Å². The lowest BCUT2D eigenvalue weighted by Gasteiger charge is -2.45. The van der Waals surface area contributed by atoms with Crippen molar-refractivity contribution in [2.75, 3.05) is 6.26 Å². The molecule has 2 rings (SSSR count). The number of nitrogens with zero attached hydrogens (tertiary/aromatic N) is 3. The van der Waals surface area contributed by atoms with Crippen LogP contribution in [0.3, 0.4) is 0 Å². The summed E-state index contributed by atoms with van der Waals surface area (Å²) in [4.78, 5) is 14.4. The van der Waals surface area contributed by atoms with E-state index in [-0.39, 0.29) is 17.1 Å². The van der Waals surface area contributed by atoms with Gasteiger partial charge in [0.05, 0.1) is 6.04 Å². The SMILES string of the molecule is CSc1nnc(C(O[Si](C)(C)C(C)(C)C)[C@H](CC(C)C)N(C=O)C2CCCCC2)o1. The van der Waals surface area contributed by atoms with Crippen LogP contribution in [0.5, 0.6) is 0 Å². The molecule has 0 radical (unpaired) electrons.